The van der Waals surface area contributed by atoms with Crippen molar-refractivity contribution < 1.29 is 4.74 Å². The van der Waals surface area contributed by atoms with E-state index in [1.807, 2.05) is 30.9 Å². The van der Waals surface area contributed by atoms with Crippen molar-refractivity contribution in [2.75, 3.05) is 46.1 Å². The number of piperidine rings is 1. The van der Waals surface area contributed by atoms with Crippen molar-refractivity contribution in [1.82, 2.24) is 15.5 Å². The first-order valence-electron chi connectivity index (χ1n) is 10.1. The summed E-state index contributed by atoms with van der Waals surface area (Å²) in [6.45, 7) is 9.04. The van der Waals surface area contributed by atoms with Crippen LogP contribution in [0.25, 0.3) is 0 Å². The third-order valence-corrected chi connectivity index (χ3v) is 6.29. The number of hydrogen-bond acceptors (Lipinski definition) is 4. The number of likely N-dealkylation sites (tertiary alicyclic amines) is 1. The lowest BCUT2D eigenvalue weighted by Gasteiger charge is -2.33. The van der Waals surface area contributed by atoms with Gasteiger partial charge in [0.1, 0.15) is 5.75 Å². The van der Waals surface area contributed by atoms with Gasteiger partial charge < -0.3 is 20.3 Å². The SMILES string of the molecule is CCCN1CCC(NC(=NC)NCC(C)CSc2ccccc2OC)CC1.I. The molecule has 0 saturated carbocycles. The molecule has 0 radical (unpaired) electrons. The normalized spacial score (nSPS) is 16.9. The number of rotatable bonds is 9. The molecule has 1 aliphatic heterocycles. The van der Waals surface area contributed by atoms with E-state index in [0.717, 1.165) is 24.0 Å². The summed E-state index contributed by atoms with van der Waals surface area (Å²) in [5.41, 5.74) is 0. The van der Waals surface area contributed by atoms with Gasteiger partial charge in [0.15, 0.2) is 5.96 Å². The van der Waals surface area contributed by atoms with E-state index >= 15 is 0 Å². The maximum Gasteiger partial charge on any atom is 0.191 e. The molecule has 0 amide bonds. The number of para-hydroxylation sites is 1. The summed E-state index contributed by atoms with van der Waals surface area (Å²) in [5.74, 6) is 3.46. The zero-order chi connectivity index (χ0) is 19.5. The second kappa shape index (κ2) is 14.3. The van der Waals surface area contributed by atoms with Crippen LogP contribution in [-0.4, -0.2) is 63.0 Å². The summed E-state index contributed by atoms with van der Waals surface area (Å²) in [7, 11) is 3.59. The van der Waals surface area contributed by atoms with Gasteiger partial charge in [-0.3, -0.25) is 4.99 Å². The molecule has 28 heavy (non-hydrogen) atoms. The predicted octanol–water partition coefficient (Wildman–Crippen LogP) is 4.08. The van der Waals surface area contributed by atoms with Crippen molar-refractivity contribution in [3.05, 3.63) is 24.3 Å². The maximum atomic E-state index is 5.43. The van der Waals surface area contributed by atoms with Crippen molar-refractivity contribution >= 4 is 41.7 Å². The standard InChI is InChI=1S/C21H36N4OS.HI/c1-5-12-25-13-10-18(11-14-25)24-21(22-3)23-15-17(2)16-27-20-9-7-6-8-19(20)26-4;/h6-9,17-18H,5,10-16H2,1-4H3,(H2,22,23,24);1H. The molecule has 0 spiro atoms. The number of methoxy groups -OCH3 is 1. The molecule has 160 valence electrons. The second-order valence-electron chi connectivity index (χ2n) is 7.28. The summed E-state index contributed by atoms with van der Waals surface area (Å²) in [4.78, 5) is 8.17. The Labute approximate surface area is 192 Å². The average Bonchev–Trinajstić information content (AvgIpc) is 2.71. The van der Waals surface area contributed by atoms with Gasteiger partial charge in [-0.05, 0) is 43.9 Å². The Morgan fingerprint density at radius 2 is 2.04 bits per heavy atom. The van der Waals surface area contributed by atoms with Crippen LogP contribution in [0.5, 0.6) is 5.75 Å². The monoisotopic (exact) mass is 520 g/mol. The van der Waals surface area contributed by atoms with Crippen molar-refractivity contribution in [2.24, 2.45) is 10.9 Å². The van der Waals surface area contributed by atoms with Gasteiger partial charge in [0, 0.05) is 43.4 Å². The van der Waals surface area contributed by atoms with E-state index in [-0.39, 0.29) is 24.0 Å². The summed E-state index contributed by atoms with van der Waals surface area (Å²) in [5, 5.41) is 7.10. The molecule has 1 aromatic rings. The van der Waals surface area contributed by atoms with Crippen molar-refractivity contribution in [1.29, 1.82) is 0 Å². The van der Waals surface area contributed by atoms with E-state index < -0.39 is 0 Å². The first kappa shape index (κ1) is 25.4. The van der Waals surface area contributed by atoms with Crippen LogP contribution in [0.4, 0.5) is 0 Å². The first-order chi connectivity index (χ1) is 13.2. The summed E-state index contributed by atoms with van der Waals surface area (Å²) < 4.78 is 5.43. The third kappa shape index (κ3) is 8.78. The van der Waals surface area contributed by atoms with E-state index in [1.54, 1.807) is 7.11 Å². The van der Waals surface area contributed by atoms with Gasteiger partial charge in [0.25, 0.3) is 0 Å². The summed E-state index contributed by atoms with van der Waals surface area (Å²) in [6, 6.07) is 8.74. The Balaban J connectivity index is 0.00000392. The van der Waals surface area contributed by atoms with E-state index in [0.29, 0.717) is 12.0 Å². The van der Waals surface area contributed by atoms with Gasteiger partial charge in [0.05, 0.1) is 7.11 Å². The Bertz CT molecular complexity index is 579. The number of guanidine groups is 1. The largest absolute Gasteiger partial charge is 0.496 e. The molecule has 0 aliphatic carbocycles. The second-order valence-corrected chi connectivity index (χ2v) is 8.34. The van der Waals surface area contributed by atoms with Gasteiger partial charge >= 0.3 is 0 Å². The Morgan fingerprint density at radius 3 is 2.68 bits per heavy atom. The fourth-order valence-corrected chi connectivity index (χ4v) is 4.36. The van der Waals surface area contributed by atoms with Crippen molar-refractivity contribution in [3.8, 4) is 5.75 Å². The zero-order valence-electron chi connectivity index (χ0n) is 17.7. The van der Waals surface area contributed by atoms with Crippen LogP contribution in [0.15, 0.2) is 34.2 Å². The Morgan fingerprint density at radius 1 is 1.32 bits per heavy atom. The van der Waals surface area contributed by atoms with E-state index in [9.17, 15) is 0 Å². The summed E-state index contributed by atoms with van der Waals surface area (Å²) >= 11 is 1.85. The number of nitrogens with one attached hydrogen (secondary N) is 2. The van der Waals surface area contributed by atoms with Crippen LogP contribution in [0.1, 0.15) is 33.1 Å². The van der Waals surface area contributed by atoms with Gasteiger partial charge in [-0.1, -0.05) is 26.0 Å². The number of thioether (sulfide) groups is 1. The highest BCUT2D eigenvalue weighted by molar-refractivity contribution is 14.0. The maximum absolute atomic E-state index is 5.43. The molecule has 0 aromatic heterocycles. The van der Waals surface area contributed by atoms with Crippen LogP contribution in [-0.2, 0) is 0 Å². The molecule has 2 rings (SSSR count). The van der Waals surface area contributed by atoms with Gasteiger partial charge in [0.2, 0.25) is 0 Å². The quantitative estimate of drug-likeness (QED) is 0.223. The molecule has 2 N–H and O–H groups in total. The first-order valence-corrected chi connectivity index (χ1v) is 11.1. The highest BCUT2D eigenvalue weighted by Gasteiger charge is 2.19. The highest BCUT2D eigenvalue weighted by atomic mass is 127. The molecule has 1 unspecified atom stereocenters. The molecule has 1 saturated heterocycles. The molecule has 1 aliphatic rings. The van der Waals surface area contributed by atoms with Gasteiger partial charge in [-0.15, -0.1) is 35.7 Å². The van der Waals surface area contributed by atoms with Crippen LogP contribution in [0.2, 0.25) is 0 Å². The number of aliphatic imine (C=N–C) groups is 1. The predicted molar refractivity (Wildman–Crippen MR) is 133 cm³/mol. The number of ether oxygens (including phenoxy) is 1. The molecule has 1 fully saturated rings. The lowest BCUT2D eigenvalue weighted by molar-refractivity contribution is 0.206. The number of nitrogens with zero attached hydrogens (tertiary/aromatic N) is 2. The van der Waals surface area contributed by atoms with Crippen LogP contribution in [0, 0.1) is 5.92 Å². The summed E-state index contributed by atoms with van der Waals surface area (Å²) in [6.07, 6.45) is 3.63. The van der Waals surface area contributed by atoms with Gasteiger partial charge in [-0.2, -0.15) is 0 Å². The molecule has 1 heterocycles. The lowest BCUT2D eigenvalue weighted by Crippen LogP contribution is -2.49. The van der Waals surface area contributed by atoms with E-state index in [1.165, 1.54) is 43.8 Å². The van der Waals surface area contributed by atoms with Crippen LogP contribution in [0.3, 0.4) is 0 Å². The number of hydrogen-bond donors (Lipinski definition) is 2. The van der Waals surface area contributed by atoms with Crippen molar-refractivity contribution in [2.45, 2.75) is 44.0 Å². The molecule has 1 aromatic carbocycles. The molecule has 0 bridgehead atoms. The van der Waals surface area contributed by atoms with E-state index in [2.05, 4.69) is 46.5 Å². The number of halogens is 1. The van der Waals surface area contributed by atoms with E-state index in [4.69, 9.17) is 4.74 Å². The Kier molecular flexibility index (Phi) is 13.0. The molecule has 7 heteroatoms. The molecular formula is C21H37IN4OS. The smallest absolute Gasteiger partial charge is 0.191 e. The van der Waals surface area contributed by atoms with Crippen LogP contribution >= 0.6 is 35.7 Å². The fraction of sp³-hybridized carbons (Fsp3) is 0.667. The topological polar surface area (TPSA) is 48.9 Å². The van der Waals surface area contributed by atoms with Crippen molar-refractivity contribution in [3.63, 3.8) is 0 Å². The third-order valence-electron chi connectivity index (χ3n) is 4.90. The minimum absolute atomic E-state index is 0. The molecule has 5 nitrogen and oxygen atoms in total. The average molecular weight is 521 g/mol. The minimum Gasteiger partial charge on any atom is -0.496 e. The minimum atomic E-state index is 0. The zero-order valence-corrected chi connectivity index (χ0v) is 20.9. The molecular weight excluding hydrogens is 483 g/mol. The highest BCUT2D eigenvalue weighted by Crippen LogP contribution is 2.29. The molecule has 1 atom stereocenters. The lowest BCUT2D eigenvalue weighted by atomic mass is 10.1. The Hall–Kier alpha value is -0.670. The van der Waals surface area contributed by atoms with Gasteiger partial charge in [-0.25, -0.2) is 0 Å². The number of benzene rings is 1. The van der Waals surface area contributed by atoms with Crippen LogP contribution < -0.4 is 15.4 Å². The fourth-order valence-electron chi connectivity index (χ4n) is 3.31.